The van der Waals surface area contributed by atoms with Gasteiger partial charge in [-0.2, -0.15) is 4.98 Å². The van der Waals surface area contributed by atoms with E-state index in [1.54, 1.807) is 6.92 Å². The number of nitrogens with two attached hydrogens (primary N) is 1. The van der Waals surface area contributed by atoms with Gasteiger partial charge < -0.3 is 15.6 Å². The molecule has 1 aromatic heterocycles. The van der Waals surface area contributed by atoms with E-state index in [0.29, 0.717) is 18.1 Å². The first-order valence-electron chi connectivity index (χ1n) is 5.46. The zero-order valence-corrected chi connectivity index (χ0v) is 9.69. The third-order valence-corrected chi connectivity index (χ3v) is 2.19. The van der Waals surface area contributed by atoms with Gasteiger partial charge in [-0.1, -0.05) is 24.9 Å². The Morgan fingerprint density at radius 1 is 1.62 bits per heavy atom. The van der Waals surface area contributed by atoms with Crippen molar-refractivity contribution in [1.82, 2.24) is 15.5 Å². The quantitative estimate of drug-likeness (QED) is 0.737. The van der Waals surface area contributed by atoms with Crippen molar-refractivity contribution in [3.63, 3.8) is 0 Å². The van der Waals surface area contributed by atoms with Gasteiger partial charge in [0.25, 0.3) is 0 Å². The summed E-state index contributed by atoms with van der Waals surface area (Å²) in [6.07, 6.45) is 2.68. The molecule has 0 spiro atoms. The molecule has 0 aromatic carbocycles. The van der Waals surface area contributed by atoms with Crippen LogP contribution in [0.5, 0.6) is 0 Å². The molecule has 1 amide bonds. The number of carbonyl (C=O) groups is 1. The molecule has 6 nitrogen and oxygen atoms in total. The van der Waals surface area contributed by atoms with Gasteiger partial charge in [-0.3, -0.25) is 4.79 Å². The highest BCUT2D eigenvalue weighted by Crippen LogP contribution is 1.99. The predicted octanol–water partition coefficient (Wildman–Crippen LogP) is 0.512. The number of nitrogens with zero attached hydrogens (tertiary/aromatic N) is 2. The lowest BCUT2D eigenvalue weighted by molar-refractivity contribution is -0.122. The number of aryl methyl sites for hydroxylation is 1. The summed E-state index contributed by atoms with van der Waals surface area (Å²) >= 11 is 0. The number of unbranched alkanes of at least 4 members (excludes halogenated alkanes) is 1. The molecule has 1 rings (SSSR count). The molecule has 6 heteroatoms. The van der Waals surface area contributed by atoms with Gasteiger partial charge in [0.2, 0.25) is 11.8 Å². The van der Waals surface area contributed by atoms with Gasteiger partial charge in [0.05, 0.1) is 12.6 Å². The lowest BCUT2D eigenvalue weighted by Gasteiger charge is -2.09. The summed E-state index contributed by atoms with van der Waals surface area (Å²) < 4.78 is 4.86. The number of hydrogen-bond donors (Lipinski definition) is 2. The zero-order valence-electron chi connectivity index (χ0n) is 9.69. The van der Waals surface area contributed by atoms with Crippen LogP contribution in [0.4, 0.5) is 0 Å². The van der Waals surface area contributed by atoms with Crippen molar-refractivity contribution in [2.24, 2.45) is 5.73 Å². The van der Waals surface area contributed by atoms with Crippen LogP contribution >= 0.6 is 0 Å². The fraction of sp³-hybridized carbons (Fsp3) is 0.700. The highest BCUT2D eigenvalue weighted by atomic mass is 16.5. The Morgan fingerprint density at radius 3 is 2.94 bits per heavy atom. The predicted molar refractivity (Wildman–Crippen MR) is 58.4 cm³/mol. The molecule has 1 atom stereocenters. The highest BCUT2D eigenvalue weighted by molar-refractivity contribution is 5.81. The molecular weight excluding hydrogens is 208 g/mol. The average molecular weight is 226 g/mol. The molecule has 0 saturated carbocycles. The maximum absolute atomic E-state index is 11.5. The van der Waals surface area contributed by atoms with Crippen molar-refractivity contribution in [2.75, 3.05) is 0 Å². The average Bonchev–Trinajstić information content (AvgIpc) is 2.68. The van der Waals surface area contributed by atoms with Crippen LogP contribution in [0.2, 0.25) is 0 Å². The third kappa shape index (κ3) is 3.98. The van der Waals surface area contributed by atoms with Crippen LogP contribution in [0.1, 0.15) is 37.9 Å². The van der Waals surface area contributed by atoms with Crippen LogP contribution in [0.3, 0.4) is 0 Å². The minimum absolute atomic E-state index is 0.177. The van der Waals surface area contributed by atoms with E-state index in [-0.39, 0.29) is 12.5 Å². The Balaban J connectivity index is 2.29. The van der Waals surface area contributed by atoms with Gasteiger partial charge in [0.15, 0.2) is 5.82 Å². The number of nitrogens with one attached hydrogen (secondary N) is 1. The molecule has 16 heavy (non-hydrogen) atoms. The Bertz CT molecular complexity index is 337. The van der Waals surface area contributed by atoms with Crippen molar-refractivity contribution in [3.05, 3.63) is 11.7 Å². The first-order valence-corrected chi connectivity index (χ1v) is 5.46. The van der Waals surface area contributed by atoms with E-state index < -0.39 is 6.04 Å². The molecule has 0 unspecified atom stereocenters. The highest BCUT2D eigenvalue weighted by Gasteiger charge is 2.13. The van der Waals surface area contributed by atoms with Crippen LogP contribution in [0, 0.1) is 6.92 Å². The number of amides is 1. The van der Waals surface area contributed by atoms with Gasteiger partial charge in [0, 0.05) is 0 Å². The second kappa shape index (κ2) is 6.22. The maximum Gasteiger partial charge on any atom is 0.246 e. The zero-order chi connectivity index (χ0) is 12.0. The van der Waals surface area contributed by atoms with Crippen molar-refractivity contribution in [3.8, 4) is 0 Å². The van der Waals surface area contributed by atoms with Crippen molar-refractivity contribution >= 4 is 5.91 Å². The van der Waals surface area contributed by atoms with Crippen LogP contribution in [0.15, 0.2) is 4.52 Å². The Hall–Kier alpha value is -1.43. The summed E-state index contributed by atoms with van der Waals surface area (Å²) in [6, 6.07) is -0.455. The van der Waals surface area contributed by atoms with Crippen LogP contribution in [0.25, 0.3) is 0 Å². The first-order chi connectivity index (χ1) is 7.63. The molecular formula is C10H18N4O2. The number of rotatable bonds is 6. The van der Waals surface area contributed by atoms with Crippen LogP contribution < -0.4 is 11.1 Å². The Kier molecular flexibility index (Phi) is 4.91. The monoisotopic (exact) mass is 226 g/mol. The van der Waals surface area contributed by atoms with E-state index in [1.807, 2.05) is 0 Å². The van der Waals surface area contributed by atoms with E-state index in [2.05, 4.69) is 22.4 Å². The SMILES string of the molecule is CCCC[C@H](N)C(=O)NCc1nc(C)no1. The van der Waals surface area contributed by atoms with Crippen molar-refractivity contribution < 1.29 is 9.32 Å². The summed E-state index contributed by atoms with van der Waals surface area (Å²) in [5.74, 6) is 0.775. The minimum Gasteiger partial charge on any atom is -0.346 e. The molecule has 0 saturated heterocycles. The van der Waals surface area contributed by atoms with Gasteiger partial charge in [0.1, 0.15) is 0 Å². The molecule has 0 radical (unpaired) electrons. The lowest BCUT2D eigenvalue weighted by Crippen LogP contribution is -2.40. The van der Waals surface area contributed by atoms with Gasteiger partial charge in [-0.15, -0.1) is 0 Å². The number of aromatic nitrogens is 2. The number of carbonyl (C=O) groups excluding carboxylic acids is 1. The van der Waals surface area contributed by atoms with Crippen LogP contribution in [-0.4, -0.2) is 22.1 Å². The van der Waals surface area contributed by atoms with E-state index in [1.165, 1.54) is 0 Å². The smallest absolute Gasteiger partial charge is 0.246 e. The topological polar surface area (TPSA) is 94.0 Å². The minimum atomic E-state index is -0.455. The summed E-state index contributed by atoms with van der Waals surface area (Å²) in [7, 11) is 0. The largest absolute Gasteiger partial charge is 0.346 e. The summed E-state index contributed by atoms with van der Waals surface area (Å²) in [5.41, 5.74) is 5.69. The second-order valence-corrected chi connectivity index (χ2v) is 3.70. The van der Waals surface area contributed by atoms with E-state index in [0.717, 1.165) is 12.8 Å². The van der Waals surface area contributed by atoms with Gasteiger partial charge >= 0.3 is 0 Å². The molecule has 0 aliphatic heterocycles. The lowest BCUT2D eigenvalue weighted by atomic mass is 10.1. The van der Waals surface area contributed by atoms with E-state index in [9.17, 15) is 4.79 Å². The van der Waals surface area contributed by atoms with Gasteiger partial charge in [-0.05, 0) is 13.3 Å². The first kappa shape index (κ1) is 12.6. The normalized spacial score (nSPS) is 12.4. The summed E-state index contributed by atoms with van der Waals surface area (Å²) in [6.45, 7) is 4.02. The third-order valence-electron chi connectivity index (χ3n) is 2.19. The Labute approximate surface area is 94.6 Å². The maximum atomic E-state index is 11.5. The molecule has 0 aliphatic carbocycles. The standard InChI is InChI=1S/C10H18N4O2/c1-3-4-5-8(11)10(15)12-6-9-13-7(2)14-16-9/h8H,3-6,11H2,1-2H3,(H,12,15)/t8-/m0/s1. The second-order valence-electron chi connectivity index (χ2n) is 3.70. The molecule has 1 aromatic rings. The van der Waals surface area contributed by atoms with E-state index >= 15 is 0 Å². The fourth-order valence-corrected chi connectivity index (χ4v) is 1.26. The van der Waals surface area contributed by atoms with Crippen LogP contribution in [-0.2, 0) is 11.3 Å². The molecule has 90 valence electrons. The molecule has 0 fully saturated rings. The summed E-state index contributed by atoms with van der Waals surface area (Å²) in [4.78, 5) is 15.5. The fourth-order valence-electron chi connectivity index (χ4n) is 1.26. The van der Waals surface area contributed by atoms with E-state index in [4.69, 9.17) is 10.3 Å². The molecule has 0 aliphatic rings. The Morgan fingerprint density at radius 2 is 2.38 bits per heavy atom. The molecule has 3 N–H and O–H groups in total. The molecule has 0 bridgehead atoms. The molecule has 1 heterocycles. The summed E-state index contributed by atoms with van der Waals surface area (Å²) in [5, 5.41) is 6.28. The van der Waals surface area contributed by atoms with Crippen molar-refractivity contribution in [2.45, 2.75) is 45.7 Å². The van der Waals surface area contributed by atoms with Crippen molar-refractivity contribution in [1.29, 1.82) is 0 Å². The number of hydrogen-bond acceptors (Lipinski definition) is 5. The van der Waals surface area contributed by atoms with Gasteiger partial charge in [-0.25, -0.2) is 0 Å².